The Labute approximate surface area is 124 Å². The minimum Gasteiger partial charge on any atom is -0.303 e. The fraction of sp³-hybridized carbons (Fsp3) is 0.143. The van der Waals surface area contributed by atoms with Gasteiger partial charge in [0.05, 0.1) is 0 Å². The molecule has 2 aromatic rings. The molecule has 0 saturated heterocycles. The third-order valence-corrected chi connectivity index (χ3v) is 3.53. The molecule has 0 atom stereocenters. The molecular formula is C14H12F3O4P. The van der Waals surface area contributed by atoms with Gasteiger partial charge < -0.3 is 9.79 Å². The van der Waals surface area contributed by atoms with E-state index in [9.17, 15) is 17.7 Å². The van der Waals surface area contributed by atoms with Crippen LogP contribution in [0.4, 0.5) is 13.2 Å². The first-order chi connectivity index (χ1) is 10.2. The zero-order valence-corrected chi connectivity index (χ0v) is 12.0. The van der Waals surface area contributed by atoms with E-state index in [1.165, 1.54) is 36.4 Å². The molecule has 0 radical (unpaired) electrons. The smallest absolute Gasteiger partial charge is 0.303 e. The Kier molecular flexibility index (Phi) is 4.44. The molecule has 0 aliphatic heterocycles. The van der Waals surface area contributed by atoms with Gasteiger partial charge in [0.1, 0.15) is 0 Å². The monoisotopic (exact) mass is 332 g/mol. The zero-order valence-electron chi connectivity index (χ0n) is 11.1. The van der Waals surface area contributed by atoms with Crippen molar-refractivity contribution in [2.24, 2.45) is 0 Å². The van der Waals surface area contributed by atoms with E-state index >= 15 is 0 Å². The molecule has 2 aromatic carbocycles. The fourth-order valence-electron chi connectivity index (χ4n) is 2.18. The lowest BCUT2D eigenvalue weighted by atomic mass is 9.86. The quantitative estimate of drug-likeness (QED) is 0.840. The molecule has 8 heteroatoms. The molecule has 0 spiro atoms. The van der Waals surface area contributed by atoms with Crippen molar-refractivity contribution in [2.75, 3.05) is 0 Å². The zero-order chi connectivity index (χ0) is 16.4. The average Bonchev–Trinajstić information content (AvgIpc) is 2.44. The minimum absolute atomic E-state index is 0.419. The van der Waals surface area contributed by atoms with Crippen LogP contribution < -0.4 is 0 Å². The molecule has 0 aromatic heterocycles. The van der Waals surface area contributed by atoms with Crippen LogP contribution in [0.25, 0.3) is 0 Å². The summed E-state index contributed by atoms with van der Waals surface area (Å²) in [5.41, 5.74) is -4.09. The van der Waals surface area contributed by atoms with Crippen LogP contribution in [0.5, 0.6) is 0 Å². The van der Waals surface area contributed by atoms with E-state index in [1.807, 2.05) is 0 Å². The normalized spacial score (nSPS) is 13.1. The van der Waals surface area contributed by atoms with Crippen LogP contribution in [-0.4, -0.2) is 16.0 Å². The van der Waals surface area contributed by atoms with Gasteiger partial charge in [-0.25, -0.2) is 4.57 Å². The highest BCUT2D eigenvalue weighted by atomic mass is 31.2. The van der Waals surface area contributed by atoms with Crippen molar-refractivity contribution in [3.05, 3.63) is 71.8 Å². The highest BCUT2D eigenvalue weighted by Gasteiger charge is 2.61. The second kappa shape index (κ2) is 5.85. The number of alkyl halides is 3. The maximum Gasteiger partial charge on any atom is 0.471 e. The lowest BCUT2D eigenvalue weighted by molar-refractivity contribution is -0.242. The van der Waals surface area contributed by atoms with Crippen LogP contribution in [0.3, 0.4) is 0 Å². The van der Waals surface area contributed by atoms with Crippen molar-refractivity contribution in [1.29, 1.82) is 0 Å². The van der Waals surface area contributed by atoms with Crippen molar-refractivity contribution in [3.63, 3.8) is 0 Å². The summed E-state index contributed by atoms with van der Waals surface area (Å²) in [5, 5.41) is 0. The summed E-state index contributed by atoms with van der Waals surface area (Å²) in [4.78, 5) is 18.1. The van der Waals surface area contributed by atoms with Crippen LogP contribution in [0.2, 0.25) is 0 Å². The van der Waals surface area contributed by atoms with Gasteiger partial charge in [-0.1, -0.05) is 60.7 Å². The molecule has 0 fully saturated rings. The number of phosphoric acid groups is 1. The van der Waals surface area contributed by atoms with Crippen LogP contribution in [0.1, 0.15) is 11.1 Å². The topological polar surface area (TPSA) is 66.8 Å². The van der Waals surface area contributed by atoms with Gasteiger partial charge in [-0.15, -0.1) is 0 Å². The Morgan fingerprint density at radius 1 is 0.818 bits per heavy atom. The van der Waals surface area contributed by atoms with Crippen LogP contribution >= 0.6 is 7.82 Å². The lowest BCUT2D eigenvalue weighted by Crippen LogP contribution is -2.45. The maximum atomic E-state index is 13.8. The Balaban J connectivity index is 2.79. The predicted molar refractivity (Wildman–Crippen MR) is 72.8 cm³/mol. The van der Waals surface area contributed by atoms with E-state index in [0.29, 0.717) is 0 Å². The molecule has 0 aliphatic carbocycles. The Hall–Kier alpha value is -1.66. The van der Waals surface area contributed by atoms with Gasteiger partial charge >= 0.3 is 14.0 Å². The molecule has 4 nitrogen and oxygen atoms in total. The van der Waals surface area contributed by atoms with Crippen LogP contribution in [-0.2, 0) is 14.7 Å². The Morgan fingerprint density at radius 3 is 1.45 bits per heavy atom. The van der Waals surface area contributed by atoms with Crippen LogP contribution in [0, 0.1) is 0 Å². The standard InChI is InChI=1S/C14H12F3O4P/c15-14(16,17)13(21-22(18,19)20,11-7-3-1-4-8-11)12-9-5-2-6-10-12/h1-10H,(H2,18,19,20). The number of halogens is 3. The molecule has 0 saturated carbocycles. The highest BCUT2D eigenvalue weighted by Crippen LogP contribution is 2.55. The van der Waals surface area contributed by atoms with Crippen molar-refractivity contribution < 1.29 is 32.0 Å². The first-order valence-corrected chi connectivity index (χ1v) is 7.64. The number of phosphoric ester groups is 1. The third-order valence-electron chi connectivity index (χ3n) is 3.02. The highest BCUT2D eigenvalue weighted by molar-refractivity contribution is 7.46. The molecule has 0 amide bonds. The SMILES string of the molecule is O=P(O)(O)OC(c1ccccc1)(c1ccccc1)C(F)(F)F. The van der Waals surface area contributed by atoms with E-state index in [0.717, 1.165) is 24.3 Å². The van der Waals surface area contributed by atoms with Crippen molar-refractivity contribution in [1.82, 2.24) is 0 Å². The first-order valence-electron chi connectivity index (χ1n) is 6.11. The largest absolute Gasteiger partial charge is 0.471 e. The fourth-order valence-corrected chi connectivity index (χ4v) is 2.85. The van der Waals surface area contributed by atoms with Gasteiger partial charge in [-0.05, 0) is 11.1 Å². The molecule has 118 valence electrons. The van der Waals surface area contributed by atoms with Crippen molar-refractivity contribution in [3.8, 4) is 0 Å². The van der Waals surface area contributed by atoms with E-state index in [4.69, 9.17) is 9.79 Å². The Morgan fingerprint density at radius 2 is 1.18 bits per heavy atom. The minimum atomic E-state index is -5.43. The third kappa shape index (κ3) is 3.23. The molecule has 0 bridgehead atoms. The molecule has 2 rings (SSSR count). The van der Waals surface area contributed by atoms with Gasteiger partial charge in [0.2, 0.25) is 5.60 Å². The first kappa shape index (κ1) is 16.7. The van der Waals surface area contributed by atoms with E-state index < -0.39 is 30.7 Å². The lowest BCUT2D eigenvalue weighted by Gasteiger charge is -2.36. The molecule has 2 N–H and O–H groups in total. The number of hydrogen-bond donors (Lipinski definition) is 2. The summed E-state index contributed by atoms with van der Waals surface area (Å²) in [6.07, 6.45) is -5.09. The van der Waals surface area contributed by atoms with Crippen molar-refractivity contribution >= 4 is 7.82 Å². The molecular weight excluding hydrogens is 320 g/mol. The van der Waals surface area contributed by atoms with Gasteiger partial charge in [0.25, 0.3) is 0 Å². The molecule has 0 unspecified atom stereocenters. The summed E-state index contributed by atoms with van der Waals surface area (Å²) < 4.78 is 56.9. The Bertz CT molecular complexity index is 628. The van der Waals surface area contributed by atoms with Gasteiger partial charge in [-0.3, -0.25) is 4.52 Å². The number of benzene rings is 2. The molecule has 0 heterocycles. The van der Waals surface area contributed by atoms with E-state index in [2.05, 4.69) is 4.52 Å². The maximum absolute atomic E-state index is 13.8. The summed E-state index contributed by atoms with van der Waals surface area (Å²) in [6.45, 7) is 0. The molecule has 0 aliphatic rings. The predicted octanol–water partition coefficient (Wildman–Crippen LogP) is 3.60. The van der Waals surface area contributed by atoms with E-state index in [1.54, 1.807) is 0 Å². The summed E-state index contributed by atoms with van der Waals surface area (Å²) >= 11 is 0. The average molecular weight is 332 g/mol. The van der Waals surface area contributed by atoms with Crippen molar-refractivity contribution in [2.45, 2.75) is 11.8 Å². The molecule has 22 heavy (non-hydrogen) atoms. The van der Waals surface area contributed by atoms with Gasteiger partial charge in [0.15, 0.2) is 0 Å². The number of hydrogen-bond acceptors (Lipinski definition) is 2. The summed E-state index contributed by atoms with van der Waals surface area (Å²) in [6, 6.07) is 12.8. The summed E-state index contributed by atoms with van der Waals surface area (Å²) in [5.74, 6) is 0. The van der Waals surface area contributed by atoms with Gasteiger partial charge in [0, 0.05) is 0 Å². The van der Waals surface area contributed by atoms with E-state index in [-0.39, 0.29) is 0 Å². The van der Waals surface area contributed by atoms with Gasteiger partial charge in [-0.2, -0.15) is 13.2 Å². The van der Waals surface area contributed by atoms with Crippen LogP contribution in [0.15, 0.2) is 60.7 Å². The number of rotatable bonds is 4. The summed E-state index contributed by atoms with van der Waals surface area (Å²) in [7, 11) is -5.43. The second-order valence-corrected chi connectivity index (χ2v) is 5.66. The second-order valence-electron chi connectivity index (χ2n) is 4.49.